The Labute approximate surface area is 158 Å². The largest absolute Gasteiger partial charge is 0.489 e. The van der Waals surface area contributed by atoms with Crippen molar-refractivity contribution in [2.45, 2.75) is 6.61 Å². The van der Waals surface area contributed by atoms with Crippen LogP contribution in [0, 0.1) is 11.3 Å². The summed E-state index contributed by atoms with van der Waals surface area (Å²) in [6, 6.07) is 26.4. The van der Waals surface area contributed by atoms with Gasteiger partial charge in [0, 0.05) is 6.08 Å². The first kappa shape index (κ1) is 18.0. The van der Waals surface area contributed by atoms with E-state index in [2.05, 4.69) is 11.4 Å². The van der Waals surface area contributed by atoms with Gasteiger partial charge in [-0.05, 0) is 41.5 Å². The van der Waals surface area contributed by atoms with E-state index < -0.39 is 0 Å². The average Bonchev–Trinajstić information content (AvgIpc) is 2.72. The van der Waals surface area contributed by atoms with Crippen molar-refractivity contribution in [1.29, 1.82) is 5.26 Å². The molecule has 27 heavy (non-hydrogen) atoms. The van der Waals surface area contributed by atoms with Crippen LogP contribution in [0.25, 0.3) is 6.08 Å². The highest BCUT2D eigenvalue weighted by molar-refractivity contribution is 6.02. The minimum absolute atomic E-state index is 0.290. The van der Waals surface area contributed by atoms with E-state index in [4.69, 9.17) is 10.00 Å². The smallest absolute Gasteiger partial charge is 0.248 e. The highest BCUT2D eigenvalue weighted by Crippen LogP contribution is 2.16. The topological polar surface area (TPSA) is 62.1 Å². The van der Waals surface area contributed by atoms with Gasteiger partial charge in [0.1, 0.15) is 18.4 Å². The number of anilines is 1. The average molecular weight is 354 g/mol. The number of ether oxygens (including phenoxy) is 1. The highest BCUT2D eigenvalue weighted by Gasteiger charge is 2.03. The third-order valence-corrected chi connectivity index (χ3v) is 3.86. The van der Waals surface area contributed by atoms with Crippen molar-refractivity contribution in [3.63, 3.8) is 0 Å². The quantitative estimate of drug-likeness (QED) is 0.648. The molecule has 4 heteroatoms. The van der Waals surface area contributed by atoms with Crippen LogP contribution in [0.1, 0.15) is 16.7 Å². The molecule has 0 spiro atoms. The summed E-state index contributed by atoms with van der Waals surface area (Å²) in [6.07, 6.45) is 3.15. The lowest BCUT2D eigenvalue weighted by Gasteiger charge is -2.06. The van der Waals surface area contributed by atoms with Gasteiger partial charge in [0.25, 0.3) is 0 Å². The van der Waals surface area contributed by atoms with Gasteiger partial charge in [-0.2, -0.15) is 5.26 Å². The molecule has 0 saturated heterocycles. The third kappa shape index (κ3) is 5.32. The van der Waals surface area contributed by atoms with Gasteiger partial charge in [0.2, 0.25) is 5.91 Å². The molecule has 0 heterocycles. The number of hydrogen-bond acceptors (Lipinski definition) is 3. The lowest BCUT2D eigenvalue weighted by Crippen LogP contribution is -2.08. The minimum atomic E-state index is -0.290. The predicted molar refractivity (Wildman–Crippen MR) is 106 cm³/mol. The lowest BCUT2D eigenvalue weighted by atomic mass is 10.2. The number of carbonyl (C=O) groups excluding carboxylic acids is 1. The molecule has 0 aliphatic heterocycles. The zero-order valence-electron chi connectivity index (χ0n) is 14.6. The molecule has 0 aromatic heterocycles. The number of para-hydroxylation sites is 1. The molecule has 0 atom stereocenters. The van der Waals surface area contributed by atoms with E-state index in [1.807, 2.05) is 54.6 Å². The van der Waals surface area contributed by atoms with Crippen LogP contribution >= 0.6 is 0 Å². The van der Waals surface area contributed by atoms with E-state index in [-0.39, 0.29) is 5.91 Å². The Morgan fingerprint density at radius 1 is 0.963 bits per heavy atom. The summed E-state index contributed by atoms with van der Waals surface area (Å²) < 4.78 is 5.74. The Morgan fingerprint density at radius 3 is 2.41 bits per heavy atom. The first-order valence-electron chi connectivity index (χ1n) is 8.49. The predicted octanol–water partition coefficient (Wildman–Crippen LogP) is 4.79. The first-order chi connectivity index (χ1) is 13.2. The van der Waals surface area contributed by atoms with E-state index in [0.717, 1.165) is 16.9 Å². The summed E-state index contributed by atoms with van der Waals surface area (Å²) in [5.41, 5.74) is 2.92. The Balaban J connectivity index is 1.56. The summed E-state index contributed by atoms with van der Waals surface area (Å²) in [6.45, 7) is 0.511. The molecule has 0 saturated carbocycles. The van der Waals surface area contributed by atoms with Crippen LogP contribution < -0.4 is 10.1 Å². The summed E-state index contributed by atoms with van der Waals surface area (Å²) in [4.78, 5) is 12.0. The maximum Gasteiger partial charge on any atom is 0.248 e. The zero-order chi connectivity index (χ0) is 18.9. The van der Waals surface area contributed by atoms with Crippen molar-refractivity contribution in [1.82, 2.24) is 0 Å². The van der Waals surface area contributed by atoms with Gasteiger partial charge in [0.15, 0.2) is 0 Å². The van der Waals surface area contributed by atoms with Crippen LogP contribution in [0.5, 0.6) is 5.75 Å². The molecule has 1 N–H and O–H groups in total. The van der Waals surface area contributed by atoms with Gasteiger partial charge in [-0.3, -0.25) is 4.79 Å². The maximum absolute atomic E-state index is 12.0. The molecule has 4 nitrogen and oxygen atoms in total. The van der Waals surface area contributed by atoms with E-state index in [9.17, 15) is 4.79 Å². The number of rotatable bonds is 6. The molecule has 0 fully saturated rings. The number of amides is 1. The lowest BCUT2D eigenvalue weighted by molar-refractivity contribution is -0.111. The van der Waals surface area contributed by atoms with Gasteiger partial charge in [-0.25, -0.2) is 0 Å². The monoisotopic (exact) mass is 354 g/mol. The molecule has 0 radical (unpaired) electrons. The fraction of sp³-hybridized carbons (Fsp3) is 0.0435. The second-order valence-electron chi connectivity index (χ2n) is 5.82. The number of nitrogens with zero attached hydrogens (tertiary/aromatic N) is 1. The molecule has 0 aliphatic rings. The van der Waals surface area contributed by atoms with Crippen LogP contribution in [0.3, 0.4) is 0 Å². The van der Waals surface area contributed by atoms with Crippen LogP contribution in [0.2, 0.25) is 0 Å². The van der Waals surface area contributed by atoms with Crippen molar-refractivity contribution >= 4 is 17.7 Å². The second-order valence-corrected chi connectivity index (χ2v) is 5.82. The number of benzene rings is 3. The standard InChI is InChI=1S/C23H18N2O2/c24-16-20-8-4-5-9-22(20)25-23(26)15-12-18-10-13-21(14-11-18)27-17-19-6-2-1-3-7-19/h1-15H,17H2,(H,25,26)/b15-12+. The molecule has 3 rings (SSSR count). The van der Waals surface area contributed by atoms with Crippen molar-refractivity contribution in [2.75, 3.05) is 5.32 Å². The van der Waals surface area contributed by atoms with E-state index in [0.29, 0.717) is 17.9 Å². The van der Waals surface area contributed by atoms with Crippen molar-refractivity contribution in [3.05, 3.63) is 102 Å². The first-order valence-corrected chi connectivity index (χ1v) is 8.49. The summed E-state index contributed by atoms with van der Waals surface area (Å²) in [5.74, 6) is 0.477. The minimum Gasteiger partial charge on any atom is -0.489 e. The molecule has 1 amide bonds. The number of nitrogens with one attached hydrogen (secondary N) is 1. The van der Waals surface area contributed by atoms with Gasteiger partial charge in [0.05, 0.1) is 11.3 Å². The van der Waals surface area contributed by atoms with Gasteiger partial charge in [-0.15, -0.1) is 0 Å². The molecule has 0 unspecified atom stereocenters. The Morgan fingerprint density at radius 2 is 1.67 bits per heavy atom. The molecule has 3 aromatic rings. The van der Waals surface area contributed by atoms with E-state index in [1.54, 1.807) is 30.3 Å². The number of nitriles is 1. The summed E-state index contributed by atoms with van der Waals surface area (Å²) in [5, 5.41) is 11.8. The maximum atomic E-state index is 12.0. The Bertz CT molecular complexity index is 971. The molecule has 0 bridgehead atoms. The highest BCUT2D eigenvalue weighted by atomic mass is 16.5. The summed E-state index contributed by atoms with van der Waals surface area (Å²) in [7, 11) is 0. The van der Waals surface area contributed by atoms with E-state index in [1.165, 1.54) is 6.08 Å². The van der Waals surface area contributed by atoms with Crippen LogP contribution in [-0.4, -0.2) is 5.91 Å². The van der Waals surface area contributed by atoms with E-state index >= 15 is 0 Å². The van der Waals surface area contributed by atoms with Crippen molar-refractivity contribution < 1.29 is 9.53 Å². The number of hydrogen-bond donors (Lipinski definition) is 1. The van der Waals surface area contributed by atoms with Gasteiger partial charge in [-0.1, -0.05) is 54.6 Å². The molecule has 3 aromatic carbocycles. The molecular weight excluding hydrogens is 336 g/mol. The third-order valence-electron chi connectivity index (χ3n) is 3.86. The second kappa shape index (κ2) is 9.02. The Hall–Kier alpha value is -3.84. The fourth-order valence-electron chi connectivity index (χ4n) is 2.45. The van der Waals surface area contributed by atoms with Crippen LogP contribution in [-0.2, 0) is 11.4 Å². The van der Waals surface area contributed by atoms with Crippen LogP contribution in [0.15, 0.2) is 84.9 Å². The molecule has 132 valence electrons. The Kier molecular flexibility index (Phi) is 6.00. The molecular formula is C23H18N2O2. The molecule has 0 aliphatic carbocycles. The number of carbonyl (C=O) groups is 1. The summed E-state index contributed by atoms with van der Waals surface area (Å²) >= 11 is 0. The van der Waals surface area contributed by atoms with Gasteiger partial charge >= 0.3 is 0 Å². The zero-order valence-corrected chi connectivity index (χ0v) is 14.6. The van der Waals surface area contributed by atoms with Crippen molar-refractivity contribution in [3.8, 4) is 11.8 Å². The van der Waals surface area contributed by atoms with Gasteiger partial charge < -0.3 is 10.1 Å². The van der Waals surface area contributed by atoms with Crippen LogP contribution in [0.4, 0.5) is 5.69 Å². The fourth-order valence-corrected chi connectivity index (χ4v) is 2.45. The SMILES string of the molecule is N#Cc1ccccc1NC(=O)/C=C/c1ccc(OCc2ccccc2)cc1. The van der Waals surface area contributed by atoms with Crippen molar-refractivity contribution in [2.24, 2.45) is 0 Å². The normalized spacial score (nSPS) is 10.3.